The predicted molar refractivity (Wildman–Crippen MR) is 109 cm³/mol. The highest BCUT2D eigenvalue weighted by atomic mass is 16.5. The lowest BCUT2D eigenvalue weighted by molar-refractivity contribution is -0.118. The molecular weight excluding hydrogens is 322 g/mol. The first-order valence-electron chi connectivity index (χ1n) is 9.18. The second-order valence-electron chi connectivity index (χ2n) is 7.06. The number of nitrogens with one attached hydrogen (secondary N) is 1. The minimum absolute atomic E-state index is 0.0158. The molecule has 0 aromatic heterocycles. The second kappa shape index (κ2) is 9.23. The molecule has 0 atom stereocenters. The van der Waals surface area contributed by atoms with Crippen molar-refractivity contribution >= 4 is 11.6 Å². The number of hydrogen-bond donors (Lipinski definition) is 1. The van der Waals surface area contributed by atoms with Crippen LogP contribution in [0.25, 0.3) is 0 Å². The summed E-state index contributed by atoms with van der Waals surface area (Å²) in [6, 6.07) is 13.9. The number of carbonyl (C=O) groups excluding carboxylic acids is 1. The van der Waals surface area contributed by atoms with Crippen LogP contribution in [0.15, 0.2) is 55.1 Å². The molecule has 138 valence electrons. The third-order valence-corrected chi connectivity index (χ3v) is 4.33. The molecule has 0 bridgehead atoms. The van der Waals surface area contributed by atoms with Gasteiger partial charge in [-0.2, -0.15) is 0 Å². The van der Waals surface area contributed by atoms with Gasteiger partial charge in [0.05, 0.1) is 0 Å². The molecule has 0 aliphatic heterocycles. The number of anilines is 1. The van der Waals surface area contributed by atoms with Gasteiger partial charge in [-0.15, -0.1) is 6.58 Å². The average molecular weight is 351 g/mol. The van der Waals surface area contributed by atoms with Crippen molar-refractivity contribution in [2.75, 3.05) is 11.9 Å². The fourth-order valence-electron chi connectivity index (χ4n) is 2.98. The van der Waals surface area contributed by atoms with E-state index in [1.807, 2.05) is 30.3 Å². The number of hydrogen-bond acceptors (Lipinski definition) is 2. The van der Waals surface area contributed by atoms with Crippen molar-refractivity contribution in [2.24, 2.45) is 0 Å². The molecular formula is C23H29NO2. The van der Waals surface area contributed by atoms with Gasteiger partial charge in [-0.3, -0.25) is 4.79 Å². The van der Waals surface area contributed by atoms with Crippen LogP contribution in [0.2, 0.25) is 0 Å². The first-order chi connectivity index (χ1) is 12.4. The lowest BCUT2D eigenvalue weighted by atomic mass is 9.92. The van der Waals surface area contributed by atoms with Gasteiger partial charge in [-0.25, -0.2) is 0 Å². The standard InChI is InChI=1S/C23H29NO2/c1-6-10-18-11-7-8-14-21(18)26-15-22(25)24-23-19(16(2)3)12-9-13-20(23)17(4)5/h6-9,11-14,16-17H,1,10,15H2,2-5H3,(H,24,25). The normalized spacial score (nSPS) is 10.8. The molecule has 2 aromatic carbocycles. The molecule has 2 aromatic rings. The molecule has 0 aliphatic rings. The van der Waals surface area contributed by atoms with E-state index >= 15 is 0 Å². The molecule has 2 rings (SSSR count). The van der Waals surface area contributed by atoms with Crippen molar-refractivity contribution < 1.29 is 9.53 Å². The Kier molecular flexibility index (Phi) is 7.02. The highest BCUT2D eigenvalue weighted by Gasteiger charge is 2.16. The number of allylic oxidation sites excluding steroid dienone is 1. The number of carbonyl (C=O) groups is 1. The maximum Gasteiger partial charge on any atom is 0.262 e. The van der Waals surface area contributed by atoms with Crippen LogP contribution < -0.4 is 10.1 Å². The van der Waals surface area contributed by atoms with Gasteiger partial charge < -0.3 is 10.1 Å². The number of benzene rings is 2. The molecule has 0 unspecified atom stereocenters. The van der Waals surface area contributed by atoms with Gasteiger partial charge in [-0.05, 0) is 41.0 Å². The van der Waals surface area contributed by atoms with Crippen LogP contribution in [0.1, 0.15) is 56.2 Å². The minimum Gasteiger partial charge on any atom is -0.483 e. The summed E-state index contributed by atoms with van der Waals surface area (Å²) in [6.07, 6.45) is 2.54. The third-order valence-electron chi connectivity index (χ3n) is 4.33. The van der Waals surface area contributed by atoms with Crippen LogP contribution in [0.3, 0.4) is 0 Å². The second-order valence-corrected chi connectivity index (χ2v) is 7.06. The molecule has 0 fully saturated rings. The zero-order valence-corrected chi connectivity index (χ0v) is 16.2. The molecule has 0 spiro atoms. The highest BCUT2D eigenvalue weighted by Crippen LogP contribution is 2.32. The number of amides is 1. The van der Waals surface area contributed by atoms with Gasteiger partial charge in [0.15, 0.2) is 6.61 Å². The predicted octanol–water partition coefficient (Wildman–Crippen LogP) is 5.68. The summed E-state index contributed by atoms with van der Waals surface area (Å²) >= 11 is 0. The summed E-state index contributed by atoms with van der Waals surface area (Å²) < 4.78 is 5.76. The zero-order chi connectivity index (χ0) is 19.1. The molecule has 0 aliphatic carbocycles. The van der Waals surface area contributed by atoms with Crippen LogP contribution in [0, 0.1) is 0 Å². The first kappa shape index (κ1) is 19.8. The lowest BCUT2D eigenvalue weighted by Gasteiger charge is -2.20. The van der Waals surface area contributed by atoms with E-state index in [-0.39, 0.29) is 12.5 Å². The summed E-state index contributed by atoms with van der Waals surface area (Å²) in [5.41, 5.74) is 4.25. The van der Waals surface area contributed by atoms with Crippen molar-refractivity contribution in [2.45, 2.75) is 46.0 Å². The number of ether oxygens (including phenoxy) is 1. The van der Waals surface area contributed by atoms with E-state index in [9.17, 15) is 4.79 Å². The summed E-state index contributed by atoms with van der Waals surface area (Å²) in [6.45, 7) is 12.3. The highest BCUT2D eigenvalue weighted by molar-refractivity contribution is 5.93. The SMILES string of the molecule is C=CCc1ccccc1OCC(=O)Nc1c(C(C)C)cccc1C(C)C. The molecule has 0 saturated carbocycles. The fourth-order valence-corrected chi connectivity index (χ4v) is 2.98. The van der Waals surface area contributed by atoms with Crippen molar-refractivity contribution in [1.29, 1.82) is 0 Å². The Bertz CT molecular complexity index is 736. The van der Waals surface area contributed by atoms with Gasteiger partial charge >= 0.3 is 0 Å². The van der Waals surface area contributed by atoms with Crippen molar-refractivity contribution in [1.82, 2.24) is 0 Å². The van der Waals surface area contributed by atoms with E-state index in [2.05, 4.69) is 57.8 Å². The van der Waals surface area contributed by atoms with E-state index in [0.29, 0.717) is 18.3 Å². The molecule has 0 heterocycles. The van der Waals surface area contributed by atoms with E-state index in [1.54, 1.807) is 0 Å². The Morgan fingerprint density at radius 3 is 2.23 bits per heavy atom. The van der Waals surface area contributed by atoms with Crippen molar-refractivity contribution in [3.05, 3.63) is 71.8 Å². The lowest BCUT2D eigenvalue weighted by Crippen LogP contribution is -2.22. The van der Waals surface area contributed by atoms with Gasteiger partial charge in [0.1, 0.15) is 5.75 Å². The number of rotatable bonds is 8. The monoisotopic (exact) mass is 351 g/mol. The summed E-state index contributed by atoms with van der Waals surface area (Å²) in [7, 11) is 0. The first-order valence-corrected chi connectivity index (χ1v) is 9.18. The van der Waals surface area contributed by atoms with Gasteiger partial charge in [-0.1, -0.05) is 70.2 Å². The smallest absolute Gasteiger partial charge is 0.262 e. The maximum atomic E-state index is 12.5. The molecule has 3 heteroatoms. The van der Waals surface area contributed by atoms with Crippen LogP contribution in [-0.2, 0) is 11.2 Å². The van der Waals surface area contributed by atoms with E-state index in [4.69, 9.17) is 4.74 Å². The van der Waals surface area contributed by atoms with Gasteiger partial charge in [0, 0.05) is 5.69 Å². The van der Waals surface area contributed by atoms with Crippen LogP contribution in [0.5, 0.6) is 5.75 Å². The molecule has 0 radical (unpaired) electrons. The Labute approximate surface area is 157 Å². The van der Waals surface area contributed by atoms with E-state index in [1.165, 1.54) is 0 Å². The number of para-hydroxylation sites is 2. The summed E-state index contributed by atoms with van der Waals surface area (Å²) in [4.78, 5) is 12.5. The molecule has 0 saturated heterocycles. The zero-order valence-electron chi connectivity index (χ0n) is 16.2. The van der Waals surface area contributed by atoms with Crippen LogP contribution in [-0.4, -0.2) is 12.5 Å². The van der Waals surface area contributed by atoms with Crippen LogP contribution >= 0.6 is 0 Å². The summed E-state index contributed by atoms with van der Waals surface area (Å²) in [5.74, 6) is 1.24. The van der Waals surface area contributed by atoms with Gasteiger partial charge in [0.25, 0.3) is 5.91 Å². The molecule has 3 nitrogen and oxygen atoms in total. The van der Waals surface area contributed by atoms with Gasteiger partial charge in [0.2, 0.25) is 0 Å². The average Bonchev–Trinajstić information content (AvgIpc) is 2.61. The molecule has 1 N–H and O–H groups in total. The Morgan fingerprint density at radius 2 is 1.65 bits per heavy atom. The Balaban J connectivity index is 2.15. The van der Waals surface area contributed by atoms with Crippen LogP contribution in [0.4, 0.5) is 5.69 Å². The van der Waals surface area contributed by atoms with E-state index < -0.39 is 0 Å². The molecule has 1 amide bonds. The Hall–Kier alpha value is -2.55. The fraction of sp³-hybridized carbons (Fsp3) is 0.348. The maximum absolute atomic E-state index is 12.5. The van der Waals surface area contributed by atoms with Crippen molar-refractivity contribution in [3.8, 4) is 5.75 Å². The van der Waals surface area contributed by atoms with E-state index in [0.717, 1.165) is 28.1 Å². The largest absolute Gasteiger partial charge is 0.483 e. The third kappa shape index (κ3) is 4.98. The summed E-state index contributed by atoms with van der Waals surface area (Å²) in [5, 5.41) is 3.08. The Morgan fingerprint density at radius 1 is 1.04 bits per heavy atom. The topological polar surface area (TPSA) is 38.3 Å². The quantitative estimate of drug-likeness (QED) is 0.621. The van der Waals surface area contributed by atoms with Crippen molar-refractivity contribution in [3.63, 3.8) is 0 Å². The minimum atomic E-state index is -0.145. The molecule has 26 heavy (non-hydrogen) atoms.